The van der Waals surface area contributed by atoms with Crippen molar-refractivity contribution < 1.29 is 24.2 Å². The van der Waals surface area contributed by atoms with Crippen molar-refractivity contribution in [3.8, 4) is 11.5 Å². The molecule has 2 atom stereocenters. The van der Waals surface area contributed by atoms with Gasteiger partial charge in [0.05, 0.1) is 18.2 Å². The molecule has 226 valence electrons. The zero-order valence-electron chi connectivity index (χ0n) is 24.2. The Bertz CT molecular complexity index is 1740. The van der Waals surface area contributed by atoms with Crippen molar-refractivity contribution in [2.75, 3.05) is 11.5 Å². The van der Waals surface area contributed by atoms with E-state index in [1.807, 2.05) is 61.5 Å². The third kappa shape index (κ3) is 6.20. The lowest BCUT2D eigenvalue weighted by molar-refractivity contribution is -0.132. The lowest BCUT2D eigenvalue weighted by Gasteiger charge is -2.23. The van der Waals surface area contributed by atoms with Gasteiger partial charge in [-0.05, 0) is 72.5 Å². The molecule has 2 aliphatic rings. The Labute approximate surface area is 268 Å². The van der Waals surface area contributed by atoms with Crippen molar-refractivity contribution in [1.29, 1.82) is 0 Å². The molecule has 0 bridgehead atoms. The number of hydrogen-bond donors (Lipinski definition) is 1. The first-order valence-corrected chi connectivity index (χ1v) is 16.5. The van der Waals surface area contributed by atoms with E-state index in [0.717, 1.165) is 29.7 Å². The number of Topliss-reactive ketones (excluding diaryl/α,β-unsaturated/α-hetero) is 1. The second-order valence-electron chi connectivity index (χ2n) is 10.7. The van der Waals surface area contributed by atoms with Gasteiger partial charge in [-0.3, -0.25) is 14.5 Å². The quantitative estimate of drug-likeness (QED) is 0.0469. The van der Waals surface area contributed by atoms with Crippen LogP contribution >= 0.6 is 34.7 Å². The number of nitrogens with zero attached hydrogens (tertiary/aromatic N) is 3. The lowest BCUT2D eigenvalue weighted by Crippen LogP contribution is -2.29. The normalized spacial score (nSPS) is 18.8. The third-order valence-electron chi connectivity index (χ3n) is 7.43. The molecule has 0 saturated carbocycles. The first-order chi connectivity index (χ1) is 21.3. The Morgan fingerprint density at radius 1 is 1.14 bits per heavy atom. The zero-order chi connectivity index (χ0) is 30.8. The Morgan fingerprint density at radius 3 is 2.75 bits per heavy atom. The van der Waals surface area contributed by atoms with E-state index >= 15 is 0 Å². The summed E-state index contributed by atoms with van der Waals surface area (Å²) in [6.07, 6.45) is 2.59. The number of carbonyl (C=O) groups excluding carboxylic acids is 2. The van der Waals surface area contributed by atoms with E-state index < -0.39 is 17.7 Å². The van der Waals surface area contributed by atoms with Gasteiger partial charge in [-0.2, -0.15) is 0 Å². The molecule has 1 N–H and O–H groups in total. The van der Waals surface area contributed by atoms with E-state index in [2.05, 4.69) is 17.1 Å². The molecule has 4 aromatic rings. The van der Waals surface area contributed by atoms with Gasteiger partial charge in [0.1, 0.15) is 23.4 Å². The molecule has 0 radical (unpaired) electrons. The largest absolute Gasteiger partial charge is 0.507 e. The Kier molecular flexibility index (Phi) is 8.93. The summed E-state index contributed by atoms with van der Waals surface area (Å²) >= 11 is 8.70. The molecule has 3 heterocycles. The average molecular weight is 648 g/mol. The van der Waals surface area contributed by atoms with Gasteiger partial charge in [-0.15, -0.1) is 10.2 Å². The number of unbranched alkanes of at least 4 members (excludes halogenated alkanes) is 1. The second-order valence-corrected chi connectivity index (χ2v) is 13.3. The Morgan fingerprint density at radius 2 is 1.95 bits per heavy atom. The minimum absolute atomic E-state index is 0.0156. The number of amides is 1. The molecule has 1 saturated heterocycles. The summed E-state index contributed by atoms with van der Waals surface area (Å²) in [6, 6.07) is 19.2. The summed E-state index contributed by atoms with van der Waals surface area (Å²) in [5, 5.41) is 21.2. The van der Waals surface area contributed by atoms with Crippen molar-refractivity contribution >= 4 is 57.3 Å². The zero-order valence-corrected chi connectivity index (χ0v) is 26.5. The molecule has 1 fully saturated rings. The number of aliphatic hydroxyl groups excluding tert-OH is 1. The highest BCUT2D eigenvalue weighted by molar-refractivity contribution is 8.00. The predicted molar refractivity (Wildman–Crippen MR) is 173 cm³/mol. The van der Waals surface area contributed by atoms with E-state index in [4.69, 9.17) is 21.1 Å². The fraction of sp³-hybridized carbons (Fsp3) is 0.273. The summed E-state index contributed by atoms with van der Waals surface area (Å²) in [7, 11) is 0. The molecule has 2 unspecified atom stereocenters. The van der Waals surface area contributed by atoms with Crippen molar-refractivity contribution in [1.82, 2.24) is 10.2 Å². The number of halogens is 1. The molecule has 8 nitrogen and oxygen atoms in total. The first-order valence-electron chi connectivity index (χ1n) is 14.4. The smallest absolute Gasteiger partial charge is 0.301 e. The van der Waals surface area contributed by atoms with E-state index in [1.54, 1.807) is 12.1 Å². The molecule has 1 aromatic heterocycles. The van der Waals surface area contributed by atoms with Crippen LogP contribution in [0.1, 0.15) is 55.0 Å². The standard InChI is InChI=1S/C33H30ClN3O5S2/c1-3-4-14-41-25-7-5-6-21(17-25)28-27(29(38)22-10-13-26-23(16-22)15-19(2)42-26)30(39)31(40)37(28)32-35-36-33(44-32)43-18-20-8-11-24(34)12-9-20/h5-13,16-17,19,28,38H,3-4,14-15,18H2,1-2H3/b29-27-. The van der Waals surface area contributed by atoms with Gasteiger partial charge >= 0.3 is 5.91 Å². The lowest BCUT2D eigenvalue weighted by atomic mass is 9.94. The van der Waals surface area contributed by atoms with Crippen LogP contribution in [-0.4, -0.2) is 39.7 Å². The Balaban J connectivity index is 1.38. The SMILES string of the molecule is CCCCOc1cccc(C2/C(=C(/O)c3ccc4c(c3)CC(C)O4)C(=O)C(=O)N2c2nnc(SCc3ccc(Cl)cc3)s2)c1. The number of anilines is 1. The van der Waals surface area contributed by atoms with Crippen LogP contribution in [0.25, 0.3) is 5.76 Å². The Hall–Kier alpha value is -3.86. The van der Waals surface area contributed by atoms with E-state index in [9.17, 15) is 14.7 Å². The van der Waals surface area contributed by atoms with Gasteiger partial charge in [0, 0.05) is 22.8 Å². The number of rotatable bonds is 10. The number of carbonyl (C=O) groups is 2. The van der Waals surface area contributed by atoms with Gasteiger partial charge in [0.2, 0.25) is 5.13 Å². The molecular formula is C33H30ClN3O5S2. The van der Waals surface area contributed by atoms with Crippen LogP contribution in [0, 0.1) is 0 Å². The number of fused-ring (bicyclic) bond motifs is 1. The minimum atomic E-state index is -0.935. The highest BCUT2D eigenvalue weighted by atomic mass is 35.5. The number of benzene rings is 3. The van der Waals surface area contributed by atoms with Crippen LogP contribution < -0.4 is 14.4 Å². The monoisotopic (exact) mass is 647 g/mol. The molecule has 1 amide bonds. The molecular weight excluding hydrogens is 618 g/mol. The summed E-state index contributed by atoms with van der Waals surface area (Å²) in [5.41, 5.74) is 3.04. The van der Waals surface area contributed by atoms with Gasteiger partial charge in [-0.25, -0.2) is 0 Å². The summed E-state index contributed by atoms with van der Waals surface area (Å²) < 4.78 is 12.4. The third-order valence-corrected chi connectivity index (χ3v) is 9.81. The van der Waals surface area contributed by atoms with Crippen LogP contribution in [0.2, 0.25) is 5.02 Å². The van der Waals surface area contributed by atoms with Gasteiger partial charge in [-0.1, -0.05) is 72.3 Å². The highest BCUT2D eigenvalue weighted by Crippen LogP contribution is 2.45. The van der Waals surface area contributed by atoms with Crippen molar-refractivity contribution in [2.45, 2.75) is 55.3 Å². The summed E-state index contributed by atoms with van der Waals surface area (Å²) in [6.45, 7) is 4.61. The topological polar surface area (TPSA) is 102 Å². The van der Waals surface area contributed by atoms with Gasteiger partial charge in [0.25, 0.3) is 5.78 Å². The van der Waals surface area contributed by atoms with Crippen LogP contribution in [-0.2, 0) is 21.8 Å². The number of thioether (sulfide) groups is 1. The maximum absolute atomic E-state index is 13.7. The van der Waals surface area contributed by atoms with E-state index in [-0.39, 0.29) is 22.6 Å². The summed E-state index contributed by atoms with van der Waals surface area (Å²) in [4.78, 5) is 28.7. The van der Waals surface area contributed by atoms with E-state index in [1.165, 1.54) is 28.0 Å². The highest BCUT2D eigenvalue weighted by Gasteiger charge is 2.48. The second kappa shape index (κ2) is 13.0. The molecule has 0 spiro atoms. The fourth-order valence-electron chi connectivity index (χ4n) is 5.26. The summed E-state index contributed by atoms with van der Waals surface area (Å²) in [5.74, 6) is 0.170. The maximum atomic E-state index is 13.7. The number of ether oxygens (including phenoxy) is 2. The fourth-order valence-corrected chi connectivity index (χ4v) is 7.21. The van der Waals surface area contributed by atoms with Crippen LogP contribution in [0.5, 0.6) is 11.5 Å². The number of aliphatic hydroxyl groups is 1. The van der Waals surface area contributed by atoms with Crippen LogP contribution in [0.3, 0.4) is 0 Å². The van der Waals surface area contributed by atoms with Gasteiger partial charge in [0.15, 0.2) is 4.34 Å². The average Bonchev–Trinajstić information content (AvgIpc) is 3.71. The molecule has 11 heteroatoms. The van der Waals surface area contributed by atoms with Gasteiger partial charge < -0.3 is 14.6 Å². The number of ketones is 1. The van der Waals surface area contributed by atoms with Crippen LogP contribution in [0.15, 0.2) is 76.6 Å². The molecule has 3 aromatic carbocycles. The molecule has 6 rings (SSSR count). The van der Waals surface area contributed by atoms with Crippen molar-refractivity contribution in [2.24, 2.45) is 0 Å². The number of hydrogen-bond acceptors (Lipinski definition) is 9. The van der Waals surface area contributed by atoms with E-state index in [0.29, 0.717) is 45.0 Å². The van der Waals surface area contributed by atoms with Crippen molar-refractivity contribution in [3.63, 3.8) is 0 Å². The number of aromatic nitrogens is 2. The molecule has 0 aliphatic carbocycles. The predicted octanol–water partition coefficient (Wildman–Crippen LogP) is 7.61. The molecule has 2 aliphatic heterocycles. The maximum Gasteiger partial charge on any atom is 0.301 e. The minimum Gasteiger partial charge on any atom is -0.507 e. The molecule has 44 heavy (non-hydrogen) atoms. The van der Waals surface area contributed by atoms with Crippen molar-refractivity contribution in [3.05, 3.63) is 99.6 Å². The van der Waals surface area contributed by atoms with Crippen LogP contribution in [0.4, 0.5) is 5.13 Å². The first kappa shape index (κ1) is 30.2.